The fraction of sp³-hybridized carbons (Fsp3) is 0.462. The third-order valence-electron chi connectivity index (χ3n) is 7.01. The monoisotopic (exact) mass is 519 g/mol. The van der Waals surface area contributed by atoms with Crippen molar-refractivity contribution in [1.82, 2.24) is 14.7 Å². The van der Waals surface area contributed by atoms with E-state index < -0.39 is 11.4 Å². The normalized spacial score (nSPS) is 17.8. The van der Waals surface area contributed by atoms with Crippen LogP contribution in [-0.2, 0) is 22.6 Å². The van der Waals surface area contributed by atoms with Crippen molar-refractivity contribution in [2.45, 2.75) is 31.5 Å². The predicted molar refractivity (Wildman–Crippen MR) is 133 cm³/mol. The van der Waals surface area contributed by atoms with E-state index in [1.165, 1.54) is 18.1 Å². The Morgan fingerprint density at radius 2 is 1.78 bits per heavy atom. The minimum Gasteiger partial charge on any atom is -0.497 e. The standard InChI is InChI=1S/C26H31ClFN3O5/c1-34-12-11-31-25(33)30(16-18-5-4-6-20(13-18)35-2)24(32)26(31)7-9-29(10-8-26)17-19-14-23(36-3)21(27)15-22(19)28/h4-6,13-15H,7-12,16-17H2,1-3H3. The quantitative estimate of drug-likeness (QED) is 0.467. The molecule has 0 aromatic heterocycles. The second kappa shape index (κ2) is 11.0. The van der Waals surface area contributed by atoms with E-state index in [1.54, 1.807) is 25.2 Å². The van der Waals surface area contributed by atoms with Gasteiger partial charge >= 0.3 is 6.03 Å². The molecule has 2 saturated heterocycles. The SMILES string of the molecule is COCCN1C(=O)N(Cc2cccc(OC)c2)C(=O)C12CCN(Cc1cc(OC)c(Cl)cc1F)CC2. The van der Waals surface area contributed by atoms with E-state index in [9.17, 15) is 14.0 Å². The molecule has 3 amide bonds. The Kier molecular flexibility index (Phi) is 8.02. The lowest BCUT2D eigenvalue weighted by Crippen LogP contribution is -2.57. The number of likely N-dealkylation sites (tertiary alicyclic amines) is 1. The van der Waals surface area contributed by atoms with E-state index in [2.05, 4.69) is 4.90 Å². The molecule has 0 radical (unpaired) electrons. The maximum atomic E-state index is 14.5. The van der Waals surface area contributed by atoms with Gasteiger partial charge in [0.05, 0.1) is 32.4 Å². The van der Waals surface area contributed by atoms with E-state index in [1.807, 2.05) is 24.3 Å². The molecule has 2 aliphatic rings. The molecule has 0 unspecified atom stereocenters. The fourth-order valence-electron chi connectivity index (χ4n) is 5.02. The molecule has 10 heteroatoms. The molecule has 4 rings (SSSR count). The van der Waals surface area contributed by atoms with Crippen molar-refractivity contribution in [1.29, 1.82) is 0 Å². The zero-order valence-corrected chi connectivity index (χ0v) is 21.5. The summed E-state index contributed by atoms with van der Waals surface area (Å²) < 4.78 is 30.3. The number of hydrogen-bond acceptors (Lipinski definition) is 6. The number of rotatable bonds is 9. The number of benzene rings is 2. The summed E-state index contributed by atoms with van der Waals surface area (Å²) in [5, 5.41) is 0.219. The molecular weight excluding hydrogens is 489 g/mol. The van der Waals surface area contributed by atoms with Crippen molar-refractivity contribution in [2.24, 2.45) is 0 Å². The van der Waals surface area contributed by atoms with Gasteiger partial charge in [-0.15, -0.1) is 0 Å². The van der Waals surface area contributed by atoms with Gasteiger partial charge in [0.2, 0.25) is 0 Å². The van der Waals surface area contributed by atoms with Crippen molar-refractivity contribution in [3.8, 4) is 11.5 Å². The van der Waals surface area contributed by atoms with Gasteiger partial charge in [-0.25, -0.2) is 9.18 Å². The van der Waals surface area contributed by atoms with Crippen LogP contribution in [0.3, 0.4) is 0 Å². The van der Waals surface area contributed by atoms with E-state index in [4.69, 9.17) is 25.8 Å². The van der Waals surface area contributed by atoms with E-state index in [0.717, 1.165) is 5.56 Å². The maximum absolute atomic E-state index is 14.5. The van der Waals surface area contributed by atoms with Gasteiger partial charge in [-0.3, -0.25) is 14.6 Å². The highest BCUT2D eigenvalue weighted by Gasteiger charge is 2.57. The Hall–Kier alpha value is -2.88. The number of urea groups is 1. The van der Waals surface area contributed by atoms with Gasteiger partial charge in [0.15, 0.2) is 0 Å². The topological polar surface area (TPSA) is 71.6 Å². The number of carbonyl (C=O) groups is 2. The van der Waals surface area contributed by atoms with Crippen LogP contribution in [-0.4, -0.2) is 79.7 Å². The van der Waals surface area contributed by atoms with Crippen LogP contribution in [0.5, 0.6) is 11.5 Å². The summed E-state index contributed by atoms with van der Waals surface area (Å²) in [4.78, 5) is 32.2. The van der Waals surface area contributed by atoms with Crippen molar-refractivity contribution in [3.05, 3.63) is 58.4 Å². The minimum absolute atomic E-state index is 0.166. The van der Waals surface area contributed by atoms with Crippen LogP contribution >= 0.6 is 11.6 Å². The van der Waals surface area contributed by atoms with Crippen molar-refractivity contribution >= 4 is 23.5 Å². The Bertz CT molecular complexity index is 1120. The van der Waals surface area contributed by atoms with Crippen LogP contribution in [0.15, 0.2) is 36.4 Å². The van der Waals surface area contributed by atoms with Crippen LogP contribution < -0.4 is 9.47 Å². The molecule has 0 aliphatic carbocycles. The molecule has 0 atom stereocenters. The molecular formula is C26H31ClFN3O5. The van der Waals surface area contributed by atoms with Crippen LogP contribution in [0.25, 0.3) is 0 Å². The van der Waals surface area contributed by atoms with Crippen LogP contribution in [0.4, 0.5) is 9.18 Å². The summed E-state index contributed by atoms with van der Waals surface area (Å²) >= 11 is 6.03. The molecule has 0 N–H and O–H groups in total. The lowest BCUT2D eigenvalue weighted by Gasteiger charge is -2.42. The van der Waals surface area contributed by atoms with Crippen molar-refractivity contribution < 1.29 is 28.2 Å². The minimum atomic E-state index is -0.943. The Balaban J connectivity index is 1.52. The summed E-state index contributed by atoms with van der Waals surface area (Å²) in [6.45, 7) is 2.22. The first-order valence-electron chi connectivity index (χ1n) is 11.8. The first kappa shape index (κ1) is 26.2. The van der Waals surface area contributed by atoms with E-state index in [0.29, 0.717) is 62.7 Å². The highest BCUT2D eigenvalue weighted by Crippen LogP contribution is 2.39. The van der Waals surface area contributed by atoms with Crippen LogP contribution in [0, 0.1) is 5.82 Å². The fourth-order valence-corrected chi connectivity index (χ4v) is 5.25. The zero-order valence-electron chi connectivity index (χ0n) is 20.8. The van der Waals surface area contributed by atoms with Gasteiger partial charge in [-0.1, -0.05) is 23.7 Å². The lowest BCUT2D eigenvalue weighted by atomic mass is 9.85. The Labute approximate surface area is 215 Å². The molecule has 8 nitrogen and oxygen atoms in total. The largest absolute Gasteiger partial charge is 0.497 e. The summed E-state index contributed by atoms with van der Waals surface area (Å²) in [6.07, 6.45) is 0.893. The third kappa shape index (κ3) is 5.00. The average Bonchev–Trinajstić information content (AvgIpc) is 3.06. The highest BCUT2D eigenvalue weighted by atomic mass is 35.5. The van der Waals surface area contributed by atoms with Crippen LogP contribution in [0.2, 0.25) is 5.02 Å². The number of nitrogens with zero attached hydrogens (tertiary/aromatic N) is 3. The van der Waals surface area contributed by atoms with Crippen LogP contribution in [0.1, 0.15) is 24.0 Å². The first-order valence-corrected chi connectivity index (χ1v) is 12.2. The number of piperidine rings is 1. The second-order valence-corrected chi connectivity index (χ2v) is 9.46. The van der Waals surface area contributed by atoms with Crippen molar-refractivity contribution in [3.63, 3.8) is 0 Å². The Morgan fingerprint density at radius 3 is 2.44 bits per heavy atom. The molecule has 2 aromatic carbocycles. The number of ether oxygens (including phenoxy) is 3. The second-order valence-electron chi connectivity index (χ2n) is 9.06. The van der Waals surface area contributed by atoms with E-state index in [-0.39, 0.29) is 23.5 Å². The Morgan fingerprint density at radius 1 is 1.03 bits per heavy atom. The first-order chi connectivity index (χ1) is 17.3. The predicted octanol–water partition coefficient (Wildman–Crippen LogP) is 3.94. The number of carbonyl (C=O) groups excluding carboxylic acids is 2. The van der Waals surface area contributed by atoms with Gasteiger partial charge < -0.3 is 19.1 Å². The van der Waals surface area contributed by atoms with E-state index >= 15 is 0 Å². The van der Waals surface area contributed by atoms with Gasteiger partial charge in [0, 0.05) is 38.9 Å². The molecule has 194 valence electrons. The van der Waals surface area contributed by atoms with Gasteiger partial charge in [-0.2, -0.15) is 0 Å². The molecule has 0 saturated carbocycles. The van der Waals surface area contributed by atoms with Gasteiger partial charge in [-0.05, 0) is 42.7 Å². The third-order valence-corrected chi connectivity index (χ3v) is 7.31. The summed E-state index contributed by atoms with van der Waals surface area (Å²) in [6, 6.07) is 9.88. The van der Waals surface area contributed by atoms with Crippen molar-refractivity contribution in [2.75, 3.05) is 47.6 Å². The molecule has 36 heavy (non-hydrogen) atoms. The number of methoxy groups -OCH3 is 3. The summed E-state index contributed by atoms with van der Waals surface area (Å²) in [5.74, 6) is 0.471. The molecule has 2 fully saturated rings. The number of amides is 3. The number of hydrogen-bond donors (Lipinski definition) is 0. The summed E-state index contributed by atoms with van der Waals surface area (Å²) in [7, 11) is 4.63. The molecule has 2 aliphatic heterocycles. The molecule has 2 aromatic rings. The van der Waals surface area contributed by atoms with Gasteiger partial charge in [0.25, 0.3) is 5.91 Å². The lowest BCUT2D eigenvalue weighted by molar-refractivity contribution is -0.136. The highest BCUT2D eigenvalue weighted by molar-refractivity contribution is 6.32. The molecule has 1 spiro atoms. The average molecular weight is 520 g/mol. The molecule has 0 bridgehead atoms. The smallest absolute Gasteiger partial charge is 0.328 e. The number of halogens is 2. The zero-order chi connectivity index (χ0) is 25.9. The summed E-state index contributed by atoms with van der Waals surface area (Å²) in [5.41, 5.74) is 0.336. The number of imide groups is 1. The molecule has 2 heterocycles. The maximum Gasteiger partial charge on any atom is 0.328 e. The van der Waals surface area contributed by atoms with Gasteiger partial charge in [0.1, 0.15) is 22.9 Å².